The third-order valence-electron chi connectivity index (χ3n) is 3.04. The Kier molecular flexibility index (Phi) is 2.35. The number of aromatic nitrogens is 3. The van der Waals surface area contributed by atoms with Crippen LogP contribution in [0.4, 0.5) is 0 Å². The molecule has 0 aliphatic carbocycles. The van der Waals surface area contributed by atoms with Gasteiger partial charge >= 0.3 is 0 Å². The monoisotopic (exact) mass is 278 g/mol. The standard InChI is InChI=1S/C14H6N4O3/c15-7-8-11(9-3-1-5-19-9)13-14(18-21-17-13)12(16-8)10-4-2-6-20-10/h1-6H. The van der Waals surface area contributed by atoms with Gasteiger partial charge in [-0.3, -0.25) is 0 Å². The van der Waals surface area contributed by atoms with Gasteiger partial charge in [-0.1, -0.05) is 0 Å². The molecule has 0 saturated carbocycles. The molecule has 4 rings (SSSR count). The van der Waals surface area contributed by atoms with Crippen molar-refractivity contribution in [2.24, 2.45) is 0 Å². The van der Waals surface area contributed by atoms with E-state index in [0.29, 0.717) is 33.8 Å². The Morgan fingerprint density at radius 1 is 0.952 bits per heavy atom. The van der Waals surface area contributed by atoms with Crippen LogP contribution < -0.4 is 0 Å². The first kappa shape index (κ1) is 11.4. The van der Waals surface area contributed by atoms with E-state index < -0.39 is 0 Å². The molecule has 7 heteroatoms. The van der Waals surface area contributed by atoms with Crippen molar-refractivity contribution < 1.29 is 13.5 Å². The zero-order chi connectivity index (χ0) is 14.2. The van der Waals surface area contributed by atoms with Gasteiger partial charge in [0.05, 0.1) is 18.1 Å². The lowest BCUT2D eigenvalue weighted by Gasteiger charge is -2.03. The van der Waals surface area contributed by atoms with Crippen LogP contribution in [0.5, 0.6) is 0 Å². The molecule has 4 aromatic heterocycles. The lowest BCUT2D eigenvalue weighted by Crippen LogP contribution is -1.94. The highest BCUT2D eigenvalue weighted by Crippen LogP contribution is 2.34. The summed E-state index contributed by atoms with van der Waals surface area (Å²) in [5, 5.41) is 17.1. The van der Waals surface area contributed by atoms with E-state index in [4.69, 9.17) is 13.5 Å². The summed E-state index contributed by atoms with van der Waals surface area (Å²) in [6.07, 6.45) is 3.03. The van der Waals surface area contributed by atoms with Crippen LogP contribution >= 0.6 is 0 Å². The Balaban J connectivity index is 2.12. The lowest BCUT2D eigenvalue weighted by atomic mass is 10.1. The van der Waals surface area contributed by atoms with Crippen molar-refractivity contribution in [2.45, 2.75) is 0 Å². The SMILES string of the molecule is N#Cc1nc(-c2ccco2)c2nonc2c1-c1ccco1. The molecule has 100 valence electrons. The van der Waals surface area contributed by atoms with Gasteiger partial charge in [0, 0.05) is 0 Å². The van der Waals surface area contributed by atoms with Gasteiger partial charge in [0.2, 0.25) is 0 Å². The minimum absolute atomic E-state index is 0.166. The van der Waals surface area contributed by atoms with E-state index in [0.717, 1.165) is 0 Å². The second kappa shape index (κ2) is 4.31. The maximum Gasteiger partial charge on any atom is 0.165 e. The number of pyridine rings is 1. The van der Waals surface area contributed by atoms with Crippen LogP contribution in [0.15, 0.2) is 50.3 Å². The first-order chi connectivity index (χ1) is 10.4. The maximum atomic E-state index is 9.37. The van der Waals surface area contributed by atoms with Crippen molar-refractivity contribution >= 4 is 11.0 Å². The fraction of sp³-hybridized carbons (Fsp3) is 0. The van der Waals surface area contributed by atoms with Crippen molar-refractivity contribution in [1.82, 2.24) is 15.3 Å². The smallest absolute Gasteiger partial charge is 0.165 e. The fourth-order valence-electron chi connectivity index (χ4n) is 2.16. The number of fused-ring (bicyclic) bond motifs is 1. The molecule has 0 N–H and O–H groups in total. The number of nitriles is 1. The number of hydrogen-bond donors (Lipinski definition) is 0. The fourth-order valence-corrected chi connectivity index (χ4v) is 2.16. The second-order valence-electron chi connectivity index (χ2n) is 4.21. The largest absolute Gasteiger partial charge is 0.464 e. The van der Waals surface area contributed by atoms with E-state index in [1.54, 1.807) is 24.3 Å². The Morgan fingerprint density at radius 3 is 2.33 bits per heavy atom. The topological polar surface area (TPSA) is 102 Å². The Morgan fingerprint density at radius 2 is 1.67 bits per heavy atom. The number of hydrogen-bond acceptors (Lipinski definition) is 7. The predicted octanol–water partition coefficient (Wildman–Crippen LogP) is 3.01. The van der Waals surface area contributed by atoms with Gasteiger partial charge in [-0.25, -0.2) is 9.61 Å². The third-order valence-corrected chi connectivity index (χ3v) is 3.04. The second-order valence-corrected chi connectivity index (χ2v) is 4.21. The number of rotatable bonds is 2. The number of furan rings is 2. The molecule has 4 heterocycles. The van der Waals surface area contributed by atoms with Gasteiger partial charge < -0.3 is 8.83 Å². The van der Waals surface area contributed by atoms with Crippen molar-refractivity contribution in [3.05, 3.63) is 42.5 Å². The zero-order valence-corrected chi connectivity index (χ0v) is 10.5. The van der Waals surface area contributed by atoms with Crippen molar-refractivity contribution in [2.75, 3.05) is 0 Å². The van der Waals surface area contributed by atoms with Crippen LogP contribution in [0.25, 0.3) is 33.8 Å². The van der Waals surface area contributed by atoms with Gasteiger partial charge in [-0.15, -0.1) is 0 Å². The molecule has 0 unspecified atom stereocenters. The van der Waals surface area contributed by atoms with E-state index in [-0.39, 0.29) is 5.69 Å². The van der Waals surface area contributed by atoms with Gasteiger partial charge in [0.15, 0.2) is 22.5 Å². The molecular formula is C14H6N4O3. The molecule has 4 aromatic rings. The molecule has 0 saturated heterocycles. The molecule has 0 aromatic carbocycles. The molecule has 0 spiro atoms. The van der Waals surface area contributed by atoms with Crippen LogP contribution in [0, 0.1) is 11.3 Å². The number of nitrogens with zero attached hydrogens (tertiary/aromatic N) is 4. The van der Waals surface area contributed by atoms with E-state index >= 15 is 0 Å². The quantitative estimate of drug-likeness (QED) is 0.555. The average molecular weight is 278 g/mol. The summed E-state index contributed by atoms with van der Waals surface area (Å²) in [4.78, 5) is 4.31. The maximum absolute atomic E-state index is 9.37. The molecule has 0 atom stereocenters. The third kappa shape index (κ3) is 1.63. The summed E-state index contributed by atoms with van der Waals surface area (Å²) in [6, 6.07) is 8.94. The molecule has 0 radical (unpaired) electrons. The minimum Gasteiger partial charge on any atom is -0.464 e. The van der Waals surface area contributed by atoms with E-state index in [1.165, 1.54) is 12.5 Å². The average Bonchev–Trinajstić information content (AvgIpc) is 3.24. The summed E-state index contributed by atoms with van der Waals surface area (Å²) in [5.74, 6) is 0.962. The summed E-state index contributed by atoms with van der Waals surface area (Å²) in [6.45, 7) is 0. The minimum atomic E-state index is 0.166. The summed E-state index contributed by atoms with van der Waals surface area (Å²) < 4.78 is 15.5. The van der Waals surface area contributed by atoms with Gasteiger partial charge in [0.25, 0.3) is 0 Å². The van der Waals surface area contributed by atoms with Crippen LogP contribution in [0.3, 0.4) is 0 Å². The Labute approximate surface area is 117 Å². The first-order valence-electron chi connectivity index (χ1n) is 6.02. The Hall–Kier alpha value is -3.40. The first-order valence-corrected chi connectivity index (χ1v) is 6.02. The molecule has 21 heavy (non-hydrogen) atoms. The van der Waals surface area contributed by atoms with Crippen LogP contribution in [-0.4, -0.2) is 15.3 Å². The van der Waals surface area contributed by atoms with Gasteiger partial charge in [0.1, 0.15) is 17.5 Å². The molecule has 0 fully saturated rings. The van der Waals surface area contributed by atoms with Crippen LogP contribution in [-0.2, 0) is 0 Å². The molecule has 0 bridgehead atoms. The van der Waals surface area contributed by atoms with Crippen molar-refractivity contribution in [3.63, 3.8) is 0 Å². The molecule has 7 nitrogen and oxygen atoms in total. The van der Waals surface area contributed by atoms with Gasteiger partial charge in [-0.05, 0) is 34.6 Å². The molecule has 0 aliphatic rings. The summed E-state index contributed by atoms with van der Waals surface area (Å²) in [5.41, 5.74) is 1.84. The highest BCUT2D eigenvalue weighted by Gasteiger charge is 2.23. The lowest BCUT2D eigenvalue weighted by molar-refractivity contribution is 0.315. The molecular weight excluding hydrogens is 272 g/mol. The van der Waals surface area contributed by atoms with E-state index in [9.17, 15) is 5.26 Å². The van der Waals surface area contributed by atoms with Crippen molar-refractivity contribution in [1.29, 1.82) is 5.26 Å². The summed E-state index contributed by atoms with van der Waals surface area (Å²) in [7, 11) is 0. The zero-order valence-electron chi connectivity index (χ0n) is 10.5. The van der Waals surface area contributed by atoms with E-state index in [2.05, 4.69) is 15.3 Å². The van der Waals surface area contributed by atoms with Crippen LogP contribution in [0.2, 0.25) is 0 Å². The molecule has 0 aliphatic heterocycles. The summed E-state index contributed by atoms with van der Waals surface area (Å²) >= 11 is 0. The normalized spacial score (nSPS) is 10.8. The predicted molar refractivity (Wildman–Crippen MR) is 69.7 cm³/mol. The van der Waals surface area contributed by atoms with E-state index in [1.807, 2.05) is 6.07 Å². The Bertz CT molecular complexity index is 946. The molecule has 0 amide bonds. The van der Waals surface area contributed by atoms with Crippen molar-refractivity contribution in [3.8, 4) is 28.8 Å². The van der Waals surface area contributed by atoms with Gasteiger partial charge in [-0.2, -0.15) is 5.26 Å². The highest BCUT2D eigenvalue weighted by atomic mass is 16.6. The highest BCUT2D eigenvalue weighted by molar-refractivity contribution is 5.98. The van der Waals surface area contributed by atoms with Crippen LogP contribution in [0.1, 0.15) is 5.69 Å².